The van der Waals surface area contributed by atoms with Crippen molar-refractivity contribution in [1.29, 1.82) is 0 Å². The highest BCUT2D eigenvalue weighted by molar-refractivity contribution is 5.96. The van der Waals surface area contributed by atoms with E-state index >= 15 is 0 Å². The first-order chi connectivity index (χ1) is 9.04. The molecule has 1 aromatic carbocycles. The Morgan fingerprint density at radius 2 is 2.26 bits per heavy atom. The molecule has 0 aliphatic carbocycles. The summed E-state index contributed by atoms with van der Waals surface area (Å²) >= 11 is 0. The number of rotatable bonds is 3. The van der Waals surface area contributed by atoms with Gasteiger partial charge < -0.3 is 15.4 Å². The molecule has 1 aromatic rings. The first-order valence-corrected chi connectivity index (χ1v) is 6.41. The largest absolute Gasteiger partial charge is 0.491 e. The molecule has 2 rings (SSSR count). The highest BCUT2D eigenvalue weighted by Gasteiger charge is 2.14. The van der Waals surface area contributed by atoms with Crippen LogP contribution in [0.4, 0.5) is 11.4 Å². The van der Waals surface area contributed by atoms with Crippen LogP contribution in [-0.2, 0) is 9.59 Å². The van der Waals surface area contributed by atoms with Gasteiger partial charge in [-0.05, 0) is 24.1 Å². The quantitative estimate of drug-likeness (QED) is 0.879. The van der Waals surface area contributed by atoms with Crippen LogP contribution in [0.3, 0.4) is 0 Å². The van der Waals surface area contributed by atoms with Crippen LogP contribution >= 0.6 is 0 Å². The monoisotopic (exact) mass is 262 g/mol. The number of carbonyl (C=O) groups is 2. The van der Waals surface area contributed by atoms with Crippen LogP contribution < -0.4 is 15.4 Å². The van der Waals surface area contributed by atoms with Gasteiger partial charge in [0, 0.05) is 12.1 Å². The van der Waals surface area contributed by atoms with Gasteiger partial charge in [-0.25, -0.2) is 0 Å². The number of amides is 2. The highest BCUT2D eigenvalue weighted by atomic mass is 16.5. The Morgan fingerprint density at radius 3 is 3.00 bits per heavy atom. The molecule has 1 aliphatic rings. The first kappa shape index (κ1) is 13.4. The van der Waals surface area contributed by atoms with Crippen LogP contribution in [0.2, 0.25) is 0 Å². The van der Waals surface area contributed by atoms with E-state index in [4.69, 9.17) is 4.74 Å². The molecule has 0 aromatic heterocycles. The smallest absolute Gasteiger partial charge is 0.227 e. The van der Waals surface area contributed by atoms with Crippen LogP contribution in [0.5, 0.6) is 5.75 Å². The van der Waals surface area contributed by atoms with E-state index in [1.165, 1.54) is 0 Å². The standard InChI is InChI=1S/C14H18N2O3/c1-9(2)7-14(18)15-10-3-4-12-11(8-10)16-13(17)5-6-19-12/h3-4,8-9H,5-7H2,1-2H3,(H,15,18)(H,16,17). The second-order valence-corrected chi connectivity index (χ2v) is 5.00. The number of hydrogen-bond donors (Lipinski definition) is 2. The van der Waals surface area contributed by atoms with E-state index < -0.39 is 0 Å². The Kier molecular flexibility index (Phi) is 4.04. The third-order valence-electron chi connectivity index (χ3n) is 2.72. The van der Waals surface area contributed by atoms with Gasteiger partial charge in [0.05, 0.1) is 18.7 Å². The summed E-state index contributed by atoms with van der Waals surface area (Å²) in [6, 6.07) is 5.25. The number of hydrogen-bond acceptors (Lipinski definition) is 3. The number of anilines is 2. The molecule has 102 valence electrons. The second kappa shape index (κ2) is 5.73. The van der Waals surface area contributed by atoms with Crippen molar-refractivity contribution in [3.05, 3.63) is 18.2 Å². The number of nitrogens with one attached hydrogen (secondary N) is 2. The van der Waals surface area contributed by atoms with Crippen molar-refractivity contribution in [3.8, 4) is 5.75 Å². The van der Waals surface area contributed by atoms with E-state index in [0.29, 0.717) is 42.5 Å². The van der Waals surface area contributed by atoms with Crippen molar-refractivity contribution in [2.24, 2.45) is 5.92 Å². The molecule has 1 aliphatic heterocycles. The Labute approximate surface area is 112 Å². The molecule has 5 nitrogen and oxygen atoms in total. The lowest BCUT2D eigenvalue weighted by molar-refractivity contribution is -0.117. The van der Waals surface area contributed by atoms with Crippen molar-refractivity contribution >= 4 is 23.2 Å². The van der Waals surface area contributed by atoms with E-state index in [9.17, 15) is 9.59 Å². The topological polar surface area (TPSA) is 67.4 Å². The third kappa shape index (κ3) is 3.71. The van der Waals surface area contributed by atoms with Gasteiger partial charge >= 0.3 is 0 Å². The average molecular weight is 262 g/mol. The summed E-state index contributed by atoms with van der Waals surface area (Å²) < 4.78 is 5.45. The van der Waals surface area contributed by atoms with Crippen LogP contribution in [0, 0.1) is 5.92 Å². The molecular weight excluding hydrogens is 244 g/mol. The Morgan fingerprint density at radius 1 is 1.47 bits per heavy atom. The van der Waals surface area contributed by atoms with Gasteiger partial charge in [0.2, 0.25) is 11.8 Å². The molecule has 2 amide bonds. The summed E-state index contributed by atoms with van der Waals surface area (Å²) in [5, 5.41) is 5.57. The summed E-state index contributed by atoms with van der Waals surface area (Å²) in [6.45, 7) is 4.35. The summed E-state index contributed by atoms with van der Waals surface area (Å²) in [5.74, 6) is 0.830. The van der Waals surface area contributed by atoms with Gasteiger partial charge in [0.25, 0.3) is 0 Å². The number of fused-ring (bicyclic) bond motifs is 1. The first-order valence-electron chi connectivity index (χ1n) is 6.41. The number of ether oxygens (including phenoxy) is 1. The average Bonchev–Trinajstić information content (AvgIpc) is 2.48. The Bertz CT molecular complexity index is 497. The predicted octanol–water partition coefficient (Wildman–Crippen LogP) is 2.39. The molecule has 0 unspecified atom stereocenters. The highest BCUT2D eigenvalue weighted by Crippen LogP contribution is 2.30. The number of benzene rings is 1. The number of carbonyl (C=O) groups excluding carboxylic acids is 2. The molecule has 0 fully saturated rings. The van der Waals surface area contributed by atoms with E-state index in [0.717, 1.165) is 0 Å². The molecule has 0 bridgehead atoms. The zero-order chi connectivity index (χ0) is 13.8. The molecule has 2 N–H and O–H groups in total. The van der Waals surface area contributed by atoms with Gasteiger partial charge in [-0.1, -0.05) is 13.8 Å². The van der Waals surface area contributed by atoms with Crippen molar-refractivity contribution < 1.29 is 14.3 Å². The van der Waals surface area contributed by atoms with Crippen LogP contribution in [0.1, 0.15) is 26.7 Å². The molecule has 0 atom stereocenters. The maximum atomic E-state index is 11.7. The minimum Gasteiger partial charge on any atom is -0.491 e. The van der Waals surface area contributed by atoms with Gasteiger partial charge in [-0.2, -0.15) is 0 Å². The molecule has 1 heterocycles. The van der Waals surface area contributed by atoms with Crippen molar-refractivity contribution in [3.63, 3.8) is 0 Å². The molecule has 0 radical (unpaired) electrons. The zero-order valence-electron chi connectivity index (χ0n) is 11.2. The van der Waals surface area contributed by atoms with Gasteiger partial charge in [0.15, 0.2) is 0 Å². The fourth-order valence-electron chi connectivity index (χ4n) is 1.88. The van der Waals surface area contributed by atoms with E-state index in [2.05, 4.69) is 10.6 Å². The molecular formula is C14H18N2O3. The summed E-state index contributed by atoms with van der Waals surface area (Å²) in [7, 11) is 0. The SMILES string of the molecule is CC(C)CC(=O)Nc1ccc2c(c1)NC(=O)CCO2. The fourth-order valence-corrected chi connectivity index (χ4v) is 1.88. The van der Waals surface area contributed by atoms with Crippen molar-refractivity contribution in [2.75, 3.05) is 17.2 Å². The minimum absolute atomic E-state index is 0.0317. The Balaban J connectivity index is 2.11. The van der Waals surface area contributed by atoms with Gasteiger partial charge in [-0.3, -0.25) is 9.59 Å². The molecule has 0 saturated carbocycles. The maximum Gasteiger partial charge on any atom is 0.227 e. The molecule has 19 heavy (non-hydrogen) atoms. The second-order valence-electron chi connectivity index (χ2n) is 5.00. The van der Waals surface area contributed by atoms with E-state index in [1.54, 1.807) is 18.2 Å². The zero-order valence-corrected chi connectivity index (χ0v) is 11.2. The maximum absolute atomic E-state index is 11.7. The lowest BCUT2D eigenvalue weighted by Gasteiger charge is -2.11. The molecule has 5 heteroatoms. The van der Waals surface area contributed by atoms with Crippen LogP contribution in [0.15, 0.2) is 18.2 Å². The van der Waals surface area contributed by atoms with Crippen molar-refractivity contribution in [1.82, 2.24) is 0 Å². The molecule has 0 saturated heterocycles. The normalized spacial score (nSPS) is 14.2. The summed E-state index contributed by atoms with van der Waals surface area (Å²) in [5.41, 5.74) is 1.26. The summed E-state index contributed by atoms with van der Waals surface area (Å²) in [4.78, 5) is 23.1. The van der Waals surface area contributed by atoms with Crippen LogP contribution in [-0.4, -0.2) is 18.4 Å². The van der Waals surface area contributed by atoms with Gasteiger partial charge in [-0.15, -0.1) is 0 Å². The van der Waals surface area contributed by atoms with E-state index in [-0.39, 0.29) is 11.8 Å². The van der Waals surface area contributed by atoms with E-state index in [1.807, 2.05) is 13.8 Å². The van der Waals surface area contributed by atoms with Crippen molar-refractivity contribution in [2.45, 2.75) is 26.7 Å². The third-order valence-corrected chi connectivity index (χ3v) is 2.72. The minimum atomic E-state index is -0.0793. The fraction of sp³-hybridized carbons (Fsp3) is 0.429. The Hall–Kier alpha value is -2.04. The summed E-state index contributed by atoms with van der Waals surface area (Å²) in [6.07, 6.45) is 0.809. The predicted molar refractivity (Wildman–Crippen MR) is 73.3 cm³/mol. The lowest BCUT2D eigenvalue weighted by atomic mass is 10.1. The van der Waals surface area contributed by atoms with Crippen LogP contribution in [0.25, 0.3) is 0 Å². The van der Waals surface area contributed by atoms with Gasteiger partial charge in [0.1, 0.15) is 5.75 Å². The molecule has 0 spiro atoms. The lowest BCUT2D eigenvalue weighted by Crippen LogP contribution is -2.14.